The highest BCUT2D eigenvalue weighted by molar-refractivity contribution is 5.74. The van der Waals surface area contributed by atoms with Gasteiger partial charge in [-0.1, -0.05) is 0 Å². The Labute approximate surface area is 81.2 Å². The Balaban J connectivity index is 2.02. The Morgan fingerprint density at radius 3 is 2.15 bits per heavy atom. The number of piperidine rings is 1. The molecular weight excluding hydrogens is 160 g/mol. The van der Waals surface area contributed by atoms with E-state index in [1.807, 2.05) is 0 Å². The molecule has 13 heavy (non-hydrogen) atoms. The van der Waals surface area contributed by atoms with E-state index in [0.717, 1.165) is 0 Å². The van der Waals surface area contributed by atoms with Gasteiger partial charge in [0, 0.05) is 6.92 Å². The summed E-state index contributed by atoms with van der Waals surface area (Å²) in [5.41, 5.74) is 0. The molecule has 0 N–H and O–H groups in total. The number of hydrogen-bond donors (Lipinski definition) is 0. The average Bonchev–Trinajstić information content (AvgIpc) is 2.71. The van der Waals surface area contributed by atoms with Gasteiger partial charge in [-0.3, -0.25) is 9.48 Å². The molecule has 0 saturated carbocycles. The molecule has 0 aliphatic carbocycles. The quantitative estimate of drug-likeness (QED) is 0.407. The summed E-state index contributed by atoms with van der Waals surface area (Å²) in [7, 11) is 0. The lowest BCUT2D eigenvalue weighted by molar-refractivity contribution is -0.542. The van der Waals surface area contributed by atoms with Crippen LogP contribution in [0.4, 0.5) is 0 Å². The highest BCUT2D eigenvalue weighted by atomic mass is 15.2. The van der Waals surface area contributed by atoms with Crippen molar-refractivity contribution in [3.8, 4) is 0 Å². The summed E-state index contributed by atoms with van der Waals surface area (Å²) in [5, 5.41) is 0. The van der Waals surface area contributed by atoms with Crippen molar-refractivity contribution in [2.45, 2.75) is 39.0 Å². The highest BCUT2D eigenvalue weighted by Crippen LogP contribution is 2.10. The summed E-state index contributed by atoms with van der Waals surface area (Å²) in [6.45, 7) is 7.48. The van der Waals surface area contributed by atoms with Crippen LogP contribution in [0, 0.1) is 0 Å². The molecule has 0 aromatic heterocycles. The molecule has 2 heteroatoms. The van der Waals surface area contributed by atoms with E-state index in [1.165, 1.54) is 64.1 Å². The highest BCUT2D eigenvalue weighted by Gasteiger charge is 2.23. The molecule has 2 aliphatic rings. The second-order valence-electron chi connectivity index (χ2n) is 4.29. The van der Waals surface area contributed by atoms with Gasteiger partial charge < -0.3 is 0 Å². The molecule has 2 nitrogen and oxygen atoms in total. The van der Waals surface area contributed by atoms with Crippen molar-refractivity contribution < 1.29 is 4.58 Å². The first kappa shape index (κ1) is 9.04. The van der Waals surface area contributed by atoms with E-state index >= 15 is 0 Å². The molecule has 0 radical (unpaired) electrons. The summed E-state index contributed by atoms with van der Waals surface area (Å²) in [5.74, 6) is 1.54. The number of nitrogens with zero attached hydrogens (tertiary/aromatic N) is 2. The zero-order valence-corrected chi connectivity index (χ0v) is 8.76. The van der Waals surface area contributed by atoms with Crippen LogP contribution in [-0.2, 0) is 0 Å². The van der Waals surface area contributed by atoms with Crippen LogP contribution in [0.25, 0.3) is 0 Å². The van der Waals surface area contributed by atoms with Gasteiger partial charge in [-0.2, -0.15) is 0 Å². The third-order valence-electron chi connectivity index (χ3n) is 3.38. The third kappa shape index (κ3) is 2.04. The molecule has 0 aromatic rings. The minimum absolute atomic E-state index is 1.29. The van der Waals surface area contributed by atoms with Crippen LogP contribution in [0.5, 0.6) is 0 Å². The SMILES string of the molecule is CC(N1CCCC1)=[N+]1CCCCC1. The first-order valence-corrected chi connectivity index (χ1v) is 5.71. The molecule has 2 fully saturated rings. The Morgan fingerprint density at radius 2 is 1.54 bits per heavy atom. The molecule has 2 saturated heterocycles. The van der Waals surface area contributed by atoms with E-state index in [1.54, 1.807) is 0 Å². The monoisotopic (exact) mass is 181 g/mol. The predicted octanol–water partition coefficient (Wildman–Crippen LogP) is 1.70. The maximum atomic E-state index is 2.58. The van der Waals surface area contributed by atoms with Crippen molar-refractivity contribution in [1.82, 2.24) is 4.90 Å². The standard InChI is InChI=1S/C11H21N2/c1-11(13-9-5-6-10-13)12-7-3-2-4-8-12/h2-10H2,1H3/q+1. The second-order valence-corrected chi connectivity index (χ2v) is 4.29. The predicted molar refractivity (Wildman–Crippen MR) is 55.3 cm³/mol. The largest absolute Gasteiger partial charge is 0.266 e. The van der Waals surface area contributed by atoms with Gasteiger partial charge in [0.2, 0.25) is 5.84 Å². The van der Waals surface area contributed by atoms with E-state index < -0.39 is 0 Å². The van der Waals surface area contributed by atoms with Crippen LogP contribution in [0.3, 0.4) is 0 Å². The molecule has 2 heterocycles. The van der Waals surface area contributed by atoms with Crippen LogP contribution in [-0.4, -0.2) is 41.5 Å². The Bertz CT molecular complexity index is 194. The molecule has 2 aliphatic heterocycles. The topological polar surface area (TPSA) is 6.25 Å². The molecule has 2 rings (SSSR count). The van der Waals surface area contributed by atoms with Crippen LogP contribution in [0.1, 0.15) is 39.0 Å². The molecule has 74 valence electrons. The average molecular weight is 181 g/mol. The maximum Gasteiger partial charge on any atom is 0.243 e. The van der Waals surface area contributed by atoms with Crippen molar-refractivity contribution in [3.05, 3.63) is 0 Å². The third-order valence-corrected chi connectivity index (χ3v) is 3.38. The first-order valence-electron chi connectivity index (χ1n) is 5.71. The van der Waals surface area contributed by atoms with Gasteiger partial charge in [-0.05, 0) is 32.1 Å². The van der Waals surface area contributed by atoms with E-state index in [-0.39, 0.29) is 0 Å². The van der Waals surface area contributed by atoms with Crippen LogP contribution < -0.4 is 0 Å². The van der Waals surface area contributed by atoms with E-state index in [0.29, 0.717) is 0 Å². The Hall–Kier alpha value is -0.530. The summed E-state index contributed by atoms with van der Waals surface area (Å²) in [6.07, 6.45) is 7.01. The summed E-state index contributed by atoms with van der Waals surface area (Å²) < 4.78 is 2.58. The Morgan fingerprint density at radius 1 is 0.923 bits per heavy atom. The van der Waals surface area contributed by atoms with Gasteiger partial charge in [0.25, 0.3) is 0 Å². The summed E-state index contributed by atoms with van der Waals surface area (Å²) in [4.78, 5) is 2.56. The van der Waals surface area contributed by atoms with Gasteiger partial charge in [-0.25, -0.2) is 0 Å². The summed E-state index contributed by atoms with van der Waals surface area (Å²) >= 11 is 0. The Kier molecular flexibility index (Phi) is 2.87. The van der Waals surface area contributed by atoms with Crippen molar-refractivity contribution in [2.24, 2.45) is 0 Å². The number of rotatable bonds is 0. The zero-order valence-electron chi connectivity index (χ0n) is 8.76. The molecule has 0 unspecified atom stereocenters. The van der Waals surface area contributed by atoms with Gasteiger partial charge in [0.15, 0.2) is 0 Å². The molecule has 0 amide bonds. The van der Waals surface area contributed by atoms with Crippen LogP contribution in [0.2, 0.25) is 0 Å². The van der Waals surface area contributed by atoms with Crippen molar-refractivity contribution in [2.75, 3.05) is 26.2 Å². The van der Waals surface area contributed by atoms with Gasteiger partial charge in [-0.15, -0.1) is 0 Å². The fraction of sp³-hybridized carbons (Fsp3) is 0.909. The smallest absolute Gasteiger partial charge is 0.243 e. The van der Waals surface area contributed by atoms with Crippen molar-refractivity contribution >= 4 is 5.84 Å². The van der Waals surface area contributed by atoms with E-state index in [9.17, 15) is 0 Å². The van der Waals surface area contributed by atoms with Gasteiger partial charge in [0.1, 0.15) is 0 Å². The molecule has 0 bridgehead atoms. The lowest BCUT2D eigenvalue weighted by Crippen LogP contribution is -2.36. The van der Waals surface area contributed by atoms with E-state index in [2.05, 4.69) is 16.4 Å². The fourth-order valence-corrected chi connectivity index (χ4v) is 2.46. The number of likely N-dealkylation sites (tertiary alicyclic amines) is 1. The second kappa shape index (κ2) is 4.12. The normalized spacial score (nSPS) is 23.8. The minimum atomic E-state index is 1.29. The van der Waals surface area contributed by atoms with Crippen molar-refractivity contribution in [3.63, 3.8) is 0 Å². The molecule has 0 atom stereocenters. The van der Waals surface area contributed by atoms with Gasteiger partial charge in [0.05, 0.1) is 26.2 Å². The van der Waals surface area contributed by atoms with Crippen molar-refractivity contribution in [1.29, 1.82) is 0 Å². The van der Waals surface area contributed by atoms with Crippen LogP contribution >= 0.6 is 0 Å². The number of amidine groups is 1. The lowest BCUT2D eigenvalue weighted by atomic mass is 10.1. The molecule has 0 aromatic carbocycles. The van der Waals surface area contributed by atoms with Crippen LogP contribution in [0.15, 0.2) is 0 Å². The first-order chi connectivity index (χ1) is 6.38. The fourth-order valence-electron chi connectivity index (χ4n) is 2.46. The minimum Gasteiger partial charge on any atom is -0.266 e. The lowest BCUT2D eigenvalue weighted by Gasteiger charge is -2.19. The molecular formula is C11H21N2+. The zero-order chi connectivity index (χ0) is 9.10. The molecule has 0 spiro atoms. The maximum absolute atomic E-state index is 2.58. The van der Waals surface area contributed by atoms with Gasteiger partial charge >= 0.3 is 0 Å². The summed E-state index contributed by atoms with van der Waals surface area (Å²) in [6, 6.07) is 0. The van der Waals surface area contributed by atoms with E-state index in [4.69, 9.17) is 0 Å². The number of hydrogen-bond acceptors (Lipinski definition) is 0.